The van der Waals surface area contributed by atoms with E-state index >= 15 is 0 Å². The summed E-state index contributed by atoms with van der Waals surface area (Å²) in [7, 11) is 8.93. The van der Waals surface area contributed by atoms with E-state index in [1.165, 1.54) is 138 Å². The molecule has 0 amide bonds. The van der Waals surface area contributed by atoms with Crippen molar-refractivity contribution in [3.63, 3.8) is 0 Å². The number of piperidine rings is 3. The van der Waals surface area contributed by atoms with Crippen molar-refractivity contribution in [3.05, 3.63) is 70.8 Å². The largest absolute Gasteiger partial charge is 0.383 e. The topological polar surface area (TPSA) is 106 Å². The Labute approximate surface area is 395 Å². The van der Waals surface area contributed by atoms with Crippen molar-refractivity contribution in [1.82, 2.24) is 26.6 Å². The second-order valence-electron chi connectivity index (χ2n) is 20.5. The molecule has 11 atom stereocenters. The number of ether oxygens (including phenoxy) is 5. The smallest absolute Gasteiger partial charge is 0.0657 e. The minimum atomic E-state index is 0.384. The van der Waals surface area contributed by atoms with Crippen LogP contribution in [0.2, 0.25) is 0 Å². The molecule has 2 aromatic rings. The Hall–Kier alpha value is -1.96. The summed E-state index contributed by atoms with van der Waals surface area (Å²) < 4.78 is 26.0. The van der Waals surface area contributed by atoms with Crippen molar-refractivity contribution >= 4 is 0 Å². The summed E-state index contributed by atoms with van der Waals surface area (Å²) >= 11 is 0. The van der Waals surface area contributed by atoms with Crippen molar-refractivity contribution < 1.29 is 23.7 Å². The molecule has 3 saturated heterocycles. The molecule has 3 aliphatic carbocycles. The van der Waals surface area contributed by atoms with Crippen molar-refractivity contribution in [2.24, 2.45) is 35.5 Å². The predicted molar refractivity (Wildman–Crippen MR) is 267 cm³/mol. The molecular formula is C55H93N5O5. The van der Waals surface area contributed by atoms with Crippen LogP contribution < -0.4 is 26.6 Å². The Kier molecular flexibility index (Phi) is 24.0. The van der Waals surface area contributed by atoms with E-state index < -0.39 is 0 Å². The van der Waals surface area contributed by atoms with Crippen LogP contribution in [0, 0.1) is 35.5 Å². The summed E-state index contributed by atoms with van der Waals surface area (Å²) in [6.45, 7) is 9.94. The van der Waals surface area contributed by atoms with Gasteiger partial charge in [0.15, 0.2) is 0 Å². The summed E-state index contributed by atoms with van der Waals surface area (Å²) in [5.74, 6) is 5.77. The van der Waals surface area contributed by atoms with Crippen molar-refractivity contribution in [3.8, 4) is 0 Å². The molecule has 5 heterocycles. The third-order valence-corrected chi connectivity index (χ3v) is 16.3. The summed E-state index contributed by atoms with van der Waals surface area (Å²) in [5.41, 5.74) is 5.75. The maximum atomic E-state index is 5.27. The monoisotopic (exact) mass is 904 g/mol. The maximum Gasteiger partial charge on any atom is 0.0657 e. The van der Waals surface area contributed by atoms with E-state index in [2.05, 4.69) is 75.1 Å². The minimum absolute atomic E-state index is 0.384. The molecule has 5 N–H and O–H groups in total. The molecule has 0 spiro atoms. The number of methoxy groups -OCH3 is 5. The summed E-state index contributed by atoms with van der Waals surface area (Å²) in [6.07, 6.45) is 23.8. The zero-order valence-electron chi connectivity index (χ0n) is 41.6. The first kappa shape index (κ1) is 52.4. The van der Waals surface area contributed by atoms with Crippen LogP contribution in [0.4, 0.5) is 0 Å². The highest BCUT2D eigenvalue weighted by atomic mass is 16.5. The molecule has 368 valence electrons. The molecule has 6 fully saturated rings. The molecule has 11 unspecified atom stereocenters. The number of rotatable bonds is 10. The van der Waals surface area contributed by atoms with Crippen LogP contribution >= 0.6 is 0 Å². The molecule has 65 heavy (non-hydrogen) atoms. The van der Waals surface area contributed by atoms with E-state index in [-0.39, 0.29) is 0 Å². The molecule has 0 radical (unpaired) electrons. The van der Waals surface area contributed by atoms with Crippen molar-refractivity contribution in [2.75, 3.05) is 94.8 Å². The average Bonchev–Trinajstić information content (AvgIpc) is 3.36. The lowest BCUT2D eigenvalue weighted by atomic mass is 9.72. The number of fused-ring (bicyclic) bond motifs is 5. The highest BCUT2D eigenvalue weighted by Gasteiger charge is 2.36. The molecule has 5 aliphatic heterocycles. The van der Waals surface area contributed by atoms with E-state index in [9.17, 15) is 0 Å². The van der Waals surface area contributed by atoms with Gasteiger partial charge in [0.1, 0.15) is 0 Å². The minimum Gasteiger partial charge on any atom is -0.383 e. The van der Waals surface area contributed by atoms with Crippen LogP contribution in [0.25, 0.3) is 0 Å². The van der Waals surface area contributed by atoms with Crippen LogP contribution in [0.1, 0.15) is 125 Å². The zero-order valence-corrected chi connectivity index (χ0v) is 41.6. The second kappa shape index (κ2) is 29.8. The quantitative estimate of drug-likeness (QED) is 0.160. The molecular weight excluding hydrogens is 811 g/mol. The molecule has 2 aromatic carbocycles. The summed E-state index contributed by atoms with van der Waals surface area (Å²) in [4.78, 5) is 0. The van der Waals surface area contributed by atoms with Gasteiger partial charge in [0.25, 0.3) is 0 Å². The fourth-order valence-corrected chi connectivity index (χ4v) is 12.9. The van der Waals surface area contributed by atoms with Gasteiger partial charge in [-0.2, -0.15) is 0 Å². The van der Waals surface area contributed by atoms with E-state index in [4.69, 9.17) is 23.7 Å². The Balaban J connectivity index is 0.000000135. The van der Waals surface area contributed by atoms with Gasteiger partial charge in [0.2, 0.25) is 0 Å². The van der Waals surface area contributed by atoms with Gasteiger partial charge >= 0.3 is 0 Å². The fourth-order valence-electron chi connectivity index (χ4n) is 12.9. The van der Waals surface area contributed by atoms with E-state index in [1.807, 2.05) is 14.2 Å². The molecule has 10 heteroatoms. The van der Waals surface area contributed by atoms with Crippen LogP contribution in [-0.4, -0.2) is 119 Å². The fraction of sp³-hybridized carbons (Fsp3) is 0.782. The highest BCUT2D eigenvalue weighted by Crippen LogP contribution is 2.38. The van der Waals surface area contributed by atoms with Crippen LogP contribution in [0.15, 0.2) is 48.5 Å². The lowest BCUT2D eigenvalue weighted by molar-refractivity contribution is 0.0704. The van der Waals surface area contributed by atoms with Gasteiger partial charge < -0.3 is 50.3 Å². The lowest BCUT2D eigenvalue weighted by Gasteiger charge is -2.41. The summed E-state index contributed by atoms with van der Waals surface area (Å²) in [5, 5.41) is 17.7. The van der Waals surface area contributed by atoms with Crippen LogP contribution in [0.3, 0.4) is 0 Å². The average molecular weight is 904 g/mol. The third-order valence-electron chi connectivity index (χ3n) is 16.3. The third kappa shape index (κ3) is 16.6. The Morgan fingerprint density at radius 2 is 0.969 bits per heavy atom. The molecule has 0 aromatic heterocycles. The number of hydrogen-bond acceptors (Lipinski definition) is 10. The Bertz CT molecular complexity index is 1520. The first-order chi connectivity index (χ1) is 32.0. The SMILES string of the molecule is COCC1CC2CCCCC2CN1.COCC1Cc2ccccc2CN1.COCC1NCCC2CCCCC21.COCC1NCCC2CCCCC21.COCC1NCCc2ccccc21. The van der Waals surface area contributed by atoms with E-state index in [1.54, 1.807) is 21.3 Å². The Morgan fingerprint density at radius 3 is 1.58 bits per heavy atom. The molecule has 3 saturated carbocycles. The highest BCUT2D eigenvalue weighted by molar-refractivity contribution is 5.32. The molecule has 8 aliphatic rings. The van der Waals surface area contributed by atoms with Gasteiger partial charge in [0.05, 0.1) is 39.1 Å². The second-order valence-corrected chi connectivity index (χ2v) is 20.5. The van der Waals surface area contributed by atoms with Gasteiger partial charge in [0, 0.05) is 66.3 Å². The standard InChI is InChI=1S/C11H21NO.C11H15NO.2C11H21NO.C11H15NO/c2*1-13-8-11-6-9-4-2-3-5-10(9)7-12-11;3*1-13-8-11-10-5-3-2-4-9(10)6-7-12-11/h9-12H,2-8H2,1H3;2-5,11-12H,6-8H2,1H3;2*9-12H,2-8H2,1H3;2-5,11-12H,6-8H2,1H3. The first-order valence-electron chi connectivity index (χ1n) is 26.3. The summed E-state index contributed by atoms with van der Waals surface area (Å²) in [6, 6.07) is 20.0. The van der Waals surface area contributed by atoms with Crippen molar-refractivity contribution in [2.45, 2.75) is 146 Å². The van der Waals surface area contributed by atoms with Gasteiger partial charge in [-0.3, -0.25) is 0 Å². The zero-order chi connectivity index (χ0) is 45.5. The Morgan fingerprint density at radius 1 is 0.446 bits per heavy atom. The lowest BCUT2D eigenvalue weighted by Crippen LogP contribution is -2.49. The number of hydrogen-bond donors (Lipinski definition) is 5. The molecule has 0 bridgehead atoms. The van der Waals surface area contributed by atoms with Crippen molar-refractivity contribution in [1.29, 1.82) is 0 Å². The van der Waals surface area contributed by atoms with Crippen LogP contribution in [-0.2, 0) is 43.1 Å². The van der Waals surface area contributed by atoms with Gasteiger partial charge in [-0.1, -0.05) is 106 Å². The van der Waals surface area contributed by atoms with Gasteiger partial charge in [-0.05, 0) is 135 Å². The van der Waals surface area contributed by atoms with E-state index in [0.29, 0.717) is 30.2 Å². The first-order valence-corrected chi connectivity index (χ1v) is 26.3. The van der Waals surface area contributed by atoms with Crippen LogP contribution in [0.5, 0.6) is 0 Å². The maximum absolute atomic E-state index is 5.27. The van der Waals surface area contributed by atoms with Gasteiger partial charge in [-0.25, -0.2) is 0 Å². The predicted octanol–water partition coefficient (Wildman–Crippen LogP) is 8.27. The molecule has 10 nitrogen and oxygen atoms in total. The number of nitrogens with one attached hydrogen (secondary N) is 5. The molecule has 10 rings (SSSR count). The van der Waals surface area contributed by atoms with Gasteiger partial charge in [-0.15, -0.1) is 0 Å². The van der Waals surface area contributed by atoms with E-state index in [0.717, 1.165) is 94.5 Å². The normalized spacial score (nSPS) is 32.4. The number of benzene rings is 2.